The second kappa shape index (κ2) is 5.84. The Balaban J connectivity index is 1.96. The van der Waals surface area contributed by atoms with Crippen molar-refractivity contribution >= 4 is 22.7 Å². The summed E-state index contributed by atoms with van der Waals surface area (Å²) >= 11 is 0. The monoisotopic (exact) mass is 313 g/mol. The molecule has 1 aromatic heterocycles. The number of carbonyl (C=O) groups excluding carboxylic acids is 2. The molecule has 1 saturated heterocycles. The van der Waals surface area contributed by atoms with Gasteiger partial charge in [0.2, 0.25) is 0 Å². The number of furan rings is 1. The van der Waals surface area contributed by atoms with Crippen molar-refractivity contribution in [2.45, 2.75) is 40.5 Å². The normalized spacial score (nSPS) is 18.4. The molecule has 1 aliphatic rings. The lowest BCUT2D eigenvalue weighted by molar-refractivity contribution is -0.122. The van der Waals surface area contributed by atoms with E-state index in [1.807, 2.05) is 26.8 Å². The Bertz CT molecular complexity index is 787. The van der Waals surface area contributed by atoms with E-state index in [1.165, 1.54) is 0 Å². The van der Waals surface area contributed by atoms with Gasteiger partial charge in [0.15, 0.2) is 5.76 Å². The standard InChI is InChI=1S/C19H23NO3/c1-11-7-8-16-13(3)18(23-17(16)12(11)2)19(22)20-9-5-6-15(10-20)14(4)21/h7-8,15H,5-6,9-10H2,1-4H3/t15-/m1/s1. The Kier molecular flexibility index (Phi) is 4.00. The first-order chi connectivity index (χ1) is 10.9. The molecule has 0 aliphatic carbocycles. The van der Waals surface area contributed by atoms with Crippen LogP contribution in [0.2, 0.25) is 0 Å². The summed E-state index contributed by atoms with van der Waals surface area (Å²) in [5.74, 6) is 0.441. The largest absolute Gasteiger partial charge is 0.450 e. The molecule has 3 rings (SSSR count). The van der Waals surface area contributed by atoms with Crippen molar-refractivity contribution in [3.8, 4) is 0 Å². The van der Waals surface area contributed by atoms with Crippen LogP contribution in [0.25, 0.3) is 11.0 Å². The Morgan fingerprint density at radius 3 is 2.61 bits per heavy atom. The molecular formula is C19H23NO3. The highest BCUT2D eigenvalue weighted by Crippen LogP contribution is 2.31. The van der Waals surface area contributed by atoms with E-state index in [0.717, 1.165) is 40.5 Å². The first-order valence-corrected chi connectivity index (χ1v) is 8.19. The second-order valence-corrected chi connectivity index (χ2v) is 6.64. The van der Waals surface area contributed by atoms with Crippen LogP contribution in [-0.2, 0) is 4.79 Å². The van der Waals surface area contributed by atoms with Gasteiger partial charge in [-0.1, -0.05) is 12.1 Å². The number of hydrogen-bond acceptors (Lipinski definition) is 3. The second-order valence-electron chi connectivity index (χ2n) is 6.64. The third kappa shape index (κ3) is 2.67. The zero-order valence-corrected chi connectivity index (χ0v) is 14.2. The van der Waals surface area contributed by atoms with Crippen LogP contribution in [0.5, 0.6) is 0 Å². The molecule has 0 N–H and O–H groups in total. The fraction of sp³-hybridized carbons (Fsp3) is 0.474. The maximum atomic E-state index is 12.9. The Labute approximate surface area is 136 Å². The van der Waals surface area contributed by atoms with E-state index < -0.39 is 0 Å². The van der Waals surface area contributed by atoms with E-state index in [2.05, 4.69) is 6.07 Å². The molecule has 2 aromatic rings. The number of piperidine rings is 1. The molecule has 1 aliphatic heterocycles. The smallest absolute Gasteiger partial charge is 0.289 e. The molecular weight excluding hydrogens is 290 g/mol. The van der Waals surface area contributed by atoms with Gasteiger partial charge >= 0.3 is 0 Å². The minimum Gasteiger partial charge on any atom is -0.450 e. The van der Waals surface area contributed by atoms with E-state index in [4.69, 9.17) is 4.42 Å². The van der Waals surface area contributed by atoms with Crippen LogP contribution < -0.4 is 0 Å². The van der Waals surface area contributed by atoms with E-state index >= 15 is 0 Å². The van der Waals surface area contributed by atoms with Gasteiger partial charge in [-0.3, -0.25) is 9.59 Å². The maximum Gasteiger partial charge on any atom is 0.289 e. The molecule has 0 bridgehead atoms. The minimum absolute atomic E-state index is 0.0404. The quantitative estimate of drug-likeness (QED) is 0.847. The van der Waals surface area contributed by atoms with Gasteiger partial charge in [0.1, 0.15) is 11.4 Å². The van der Waals surface area contributed by atoms with E-state index in [-0.39, 0.29) is 17.6 Å². The highest BCUT2D eigenvalue weighted by molar-refractivity contribution is 6.00. The predicted molar refractivity (Wildman–Crippen MR) is 89.7 cm³/mol. The number of nitrogens with zero attached hydrogens (tertiary/aromatic N) is 1. The van der Waals surface area contributed by atoms with Crippen molar-refractivity contribution in [2.24, 2.45) is 5.92 Å². The Hall–Kier alpha value is -2.10. The summed E-state index contributed by atoms with van der Waals surface area (Å²) in [5, 5.41) is 0.997. The molecule has 0 saturated carbocycles. The molecule has 0 spiro atoms. The molecule has 0 unspecified atom stereocenters. The molecule has 1 fully saturated rings. The highest BCUT2D eigenvalue weighted by Gasteiger charge is 2.30. The fourth-order valence-electron chi connectivity index (χ4n) is 3.36. The number of benzene rings is 1. The number of aryl methyl sites for hydroxylation is 3. The summed E-state index contributed by atoms with van der Waals surface area (Å²) in [5.41, 5.74) is 3.91. The summed E-state index contributed by atoms with van der Waals surface area (Å²) < 4.78 is 5.95. The lowest BCUT2D eigenvalue weighted by atomic mass is 9.94. The number of rotatable bonds is 2. The number of ketones is 1. The molecule has 4 nitrogen and oxygen atoms in total. The molecule has 2 heterocycles. The van der Waals surface area contributed by atoms with Crippen LogP contribution in [-0.4, -0.2) is 29.7 Å². The molecule has 1 amide bonds. The van der Waals surface area contributed by atoms with Gasteiger partial charge in [0.05, 0.1) is 0 Å². The third-order valence-corrected chi connectivity index (χ3v) is 5.10. The van der Waals surface area contributed by atoms with Gasteiger partial charge in [-0.25, -0.2) is 0 Å². The van der Waals surface area contributed by atoms with Crippen LogP contribution >= 0.6 is 0 Å². The number of likely N-dealkylation sites (tertiary alicyclic amines) is 1. The predicted octanol–water partition coefficient (Wildman–Crippen LogP) is 3.80. The van der Waals surface area contributed by atoms with Gasteiger partial charge in [0, 0.05) is 30.0 Å². The van der Waals surface area contributed by atoms with Gasteiger partial charge < -0.3 is 9.32 Å². The average Bonchev–Trinajstić information content (AvgIpc) is 2.88. The zero-order chi connectivity index (χ0) is 16.7. The van der Waals surface area contributed by atoms with Crippen LogP contribution in [0.15, 0.2) is 16.5 Å². The Morgan fingerprint density at radius 1 is 1.17 bits per heavy atom. The van der Waals surface area contributed by atoms with Crippen LogP contribution in [0.3, 0.4) is 0 Å². The minimum atomic E-state index is -0.0956. The summed E-state index contributed by atoms with van der Waals surface area (Å²) in [6, 6.07) is 4.07. The van der Waals surface area contributed by atoms with Crippen LogP contribution in [0, 0.1) is 26.7 Å². The van der Waals surface area contributed by atoms with Gasteiger partial charge in [0.25, 0.3) is 5.91 Å². The zero-order valence-electron chi connectivity index (χ0n) is 14.2. The summed E-state index contributed by atoms with van der Waals surface area (Å²) in [6.07, 6.45) is 1.74. The van der Waals surface area contributed by atoms with E-state index in [1.54, 1.807) is 11.8 Å². The molecule has 23 heavy (non-hydrogen) atoms. The molecule has 1 aromatic carbocycles. The number of fused-ring (bicyclic) bond motifs is 1. The Morgan fingerprint density at radius 2 is 1.91 bits per heavy atom. The SMILES string of the molecule is CC(=O)[C@@H]1CCCN(C(=O)c2oc3c(C)c(C)ccc3c2C)C1. The maximum absolute atomic E-state index is 12.9. The van der Waals surface area contributed by atoms with Crippen molar-refractivity contribution < 1.29 is 14.0 Å². The van der Waals surface area contributed by atoms with Crippen LogP contribution in [0.4, 0.5) is 0 Å². The van der Waals surface area contributed by atoms with Crippen LogP contribution in [0.1, 0.15) is 47.0 Å². The molecule has 0 radical (unpaired) electrons. The van der Waals surface area contributed by atoms with Crippen molar-refractivity contribution in [1.29, 1.82) is 0 Å². The number of Topliss-reactive ketones (excluding diaryl/α,β-unsaturated/α-hetero) is 1. The van der Waals surface area contributed by atoms with Crippen molar-refractivity contribution in [3.05, 3.63) is 34.6 Å². The molecule has 1 atom stereocenters. The van der Waals surface area contributed by atoms with Gasteiger partial charge in [-0.05, 0) is 51.7 Å². The molecule has 4 heteroatoms. The van der Waals surface area contributed by atoms with E-state index in [9.17, 15) is 9.59 Å². The fourth-order valence-corrected chi connectivity index (χ4v) is 3.36. The first-order valence-electron chi connectivity index (χ1n) is 8.19. The lowest BCUT2D eigenvalue weighted by Crippen LogP contribution is -2.41. The van der Waals surface area contributed by atoms with Crippen molar-refractivity contribution in [3.63, 3.8) is 0 Å². The third-order valence-electron chi connectivity index (χ3n) is 5.10. The summed E-state index contributed by atoms with van der Waals surface area (Å²) in [4.78, 5) is 26.3. The number of hydrogen-bond donors (Lipinski definition) is 0. The van der Waals surface area contributed by atoms with E-state index in [0.29, 0.717) is 18.8 Å². The van der Waals surface area contributed by atoms with Gasteiger partial charge in [-0.2, -0.15) is 0 Å². The van der Waals surface area contributed by atoms with Gasteiger partial charge in [-0.15, -0.1) is 0 Å². The van der Waals surface area contributed by atoms with Crippen molar-refractivity contribution in [1.82, 2.24) is 4.90 Å². The molecule has 122 valence electrons. The lowest BCUT2D eigenvalue weighted by Gasteiger charge is -2.31. The summed E-state index contributed by atoms with van der Waals surface area (Å²) in [7, 11) is 0. The highest BCUT2D eigenvalue weighted by atomic mass is 16.3. The number of carbonyl (C=O) groups is 2. The first kappa shape index (κ1) is 15.8. The number of amides is 1. The topological polar surface area (TPSA) is 50.5 Å². The van der Waals surface area contributed by atoms with Crippen molar-refractivity contribution in [2.75, 3.05) is 13.1 Å². The average molecular weight is 313 g/mol. The summed E-state index contributed by atoms with van der Waals surface area (Å²) in [6.45, 7) is 8.79.